The van der Waals surface area contributed by atoms with Crippen molar-refractivity contribution in [2.45, 2.75) is 11.0 Å². The van der Waals surface area contributed by atoms with Gasteiger partial charge < -0.3 is 29.1 Å². The van der Waals surface area contributed by atoms with Gasteiger partial charge in [-0.3, -0.25) is 4.79 Å². The van der Waals surface area contributed by atoms with Crippen LogP contribution in [-0.4, -0.2) is 79.8 Å². The zero-order chi connectivity index (χ0) is 23.2. The zero-order valence-corrected chi connectivity index (χ0v) is 19.8. The summed E-state index contributed by atoms with van der Waals surface area (Å²) in [5.41, 5.74) is 4.04. The molecule has 0 saturated heterocycles. The number of benzene rings is 2. The van der Waals surface area contributed by atoms with Gasteiger partial charge in [0.05, 0.1) is 12.2 Å². The molecule has 8 nitrogen and oxygen atoms in total. The Kier molecular flexibility index (Phi) is 5.55. The number of aliphatic hydroxyl groups is 1. The van der Waals surface area contributed by atoms with E-state index >= 15 is 0 Å². The topological polar surface area (TPSA) is 74.7 Å². The molecule has 2 aromatic rings. The van der Waals surface area contributed by atoms with Crippen molar-refractivity contribution in [2.24, 2.45) is 0 Å². The van der Waals surface area contributed by atoms with Crippen LogP contribution in [0.2, 0.25) is 0 Å². The summed E-state index contributed by atoms with van der Waals surface area (Å²) in [5, 5.41) is 10.8. The van der Waals surface area contributed by atoms with E-state index in [-0.39, 0.29) is 5.91 Å². The van der Waals surface area contributed by atoms with Gasteiger partial charge in [-0.2, -0.15) is 0 Å². The van der Waals surface area contributed by atoms with Gasteiger partial charge in [0.2, 0.25) is 0 Å². The minimum atomic E-state index is -1.18. The van der Waals surface area contributed by atoms with Crippen molar-refractivity contribution in [1.82, 2.24) is 9.21 Å². The Morgan fingerprint density at radius 2 is 1.62 bits per heavy atom. The van der Waals surface area contributed by atoms with Crippen LogP contribution in [0.3, 0.4) is 0 Å². The van der Waals surface area contributed by atoms with Crippen LogP contribution in [-0.2, 0) is 4.79 Å². The SMILES string of the molecule is CN1CCOc2ccc(C(O)C(=O)N3CC4=C(CN(Sc5ccc6c(c5)OCCO6)C4)C3)cc21. The van der Waals surface area contributed by atoms with Gasteiger partial charge in [-0.05, 0) is 59.0 Å². The zero-order valence-electron chi connectivity index (χ0n) is 19.0. The van der Waals surface area contributed by atoms with Crippen LogP contribution in [0.4, 0.5) is 5.69 Å². The van der Waals surface area contributed by atoms with Crippen molar-refractivity contribution in [3.05, 3.63) is 53.1 Å². The molecule has 0 aromatic heterocycles. The number of amides is 1. The number of hydrogen-bond donors (Lipinski definition) is 1. The highest BCUT2D eigenvalue weighted by Crippen LogP contribution is 2.39. The fourth-order valence-corrected chi connectivity index (χ4v) is 5.88. The molecule has 1 amide bonds. The summed E-state index contributed by atoms with van der Waals surface area (Å²) >= 11 is 1.69. The van der Waals surface area contributed by atoms with Crippen LogP contribution in [0.5, 0.6) is 17.2 Å². The normalized spacial score (nSPS) is 20.2. The third-order valence-corrected chi connectivity index (χ3v) is 7.67. The monoisotopic (exact) mass is 481 g/mol. The van der Waals surface area contributed by atoms with Gasteiger partial charge in [0, 0.05) is 38.1 Å². The van der Waals surface area contributed by atoms with Gasteiger partial charge >= 0.3 is 0 Å². The molecule has 4 heterocycles. The van der Waals surface area contributed by atoms with Gasteiger partial charge in [-0.15, -0.1) is 0 Å². The minimum absolute atomic E-state index is 0.250. The molecule has 34 heavy (non-hydrogen) atoms. The molecule has 0 aliphatic carbocycles. The van der Waals surface area contributed by atoms with Crippen LogP contribution in [0, 0.1) is 0 Å². The molecule has 2 aromatic carbocycles. The average molecular weight is 482 g/mol. The molecule has 0 spiro atoms. The fraction of sp³-hybridized carbons (Fsp3) is 0.400. The number of rotatable bonds is 4. The van der Waals surface area contributed by atoms with E-state index in [0.717, 1.165) is 47.5 Å². The second kappa shape index (κ2) is 8.72. The highest BCUT2D eigenvalue weighted by atomic mass is 32.2. The standard InChI is InChI=1S/C25H27N3O5S/c1-26-6-7-31-21-4-2-16(10-20(21)26)24(29)25(30)27-12-17-14-28(15-18(17)13-27)34-19-3-5-22-23(11-19)33-9-8-32-22/h2-5,10-11,24,29H,6-9,12-15H2,1H3. The summed E-state index contributed by atoms with van der Waals surface area (Å²) < 4.78 is 19.3. The van der Waals surface area contributed by atoms with E-state index < -0.39 is 6.10 Å². The molecule has 6 rings (SSSR count). The summed E-state index contributed by atoms with van der Waals surface area (Å²) in [6.07, 6.45) is -1.18. The van der Waals surface area contributed by atoms with Crippen LogP contribution >= 0.6 is 11.9 Å². The first-order valence-electron chi connectivity index (χ1n) is 11.5. The molecule has 0 radical (unpaired) electrons. The largest absolute Gasteiger partial charge is 0.490 e. The second-order valence-corrected chi connectivity index (χ2v) is 10.2. The molecule has 4 aliphatic heterocycles. The van der Waals surface area contributed by atoms with Crippen molar-refractivity contribution in [3.63, 3.8) is 0 Å². The maximum atomic E-state index is 13.1. The van der Waals surface area contributed by atoms with Gasteiger partial charge in [0.25, 0.3) is 5.91 Å². The van der Waals surface area contributed by atoms with Crippen molar-refractivity contribution >= 4 is 23.5 Å². The predicted octanol–water partition coefficient (Wildman–Crippen LogP) is 2.48. The van der Waals surface area contributed by atoms with E-state index in [1.165, 1.54) is 11.1 Å². The Bertz CT molecular complexity index is 1150. The summed E-state index contributed by atoms with van der Waals surface area (Å²) in [7, 11) is 1.99. The Labute approximate surface area is 202 Å². The lowest BCUT2D eigenvalue weighted by Gasteiger charge is -2.29. The summed E-state index contributed by atoms with van der Waals surface area (Å²) in [6, 6.07) is 11.5. The van der Waals surface area contributed by atoms with E-state index in [0.29, 0.717) is 38.5 Å². The molecule has 0 bridgehead atoms. The Balaban J connectivity index is 1.07. The summed E-state index contributed by atoms with van der Waals surface area (Å²) in [4.78, 5) is 18.0. The van der Waals surface area contributed by atoms with Crippen molar-refractivity contribution in [2.75, 3.05) is 64.5 Å². The number of carbonyl (C=O) groups excluding carboxylic acids is 1. The number of fused-ring (bicyclic) bond motifs is 2. The molecule has 0 fully saturated rings. The number of likely N-dealkylation sites (N-methyl/N-ethyl adjacent to an activating group) is 1. The van der Waals surface area contributed by atoms with Gasteiger partial charge in [0.15, 0.2) is 17.6 Å². The molecule has 9 heteroatoms. The molecule has 1 atom stereocenters. The number of aliphatic hydroxyl groups excluding tert-OH is 1. The Morgan fingerprint density at radius 3 is 2.41 bits per heavy atom. The first-order valence-corrected chi connectivity index (χ1v) is 12.3. The first-order chi connectivity index (χ1) is 16.5. The molecule has 4 aliphatic rings. The Hall–Kier alpha value is -2.88. The lowest BCUT2D eigenvalue weighted by molar-refractivity contribution is -0.139. The van der Waals surface area contributed by atoms with E-state index in [1.807, 2.05) is 31.3 Å². The van der Waals surface area contributed by atoms with Crippen molar-refractivity contribution in [1.29, 1.82) is 0 Å². The third-order valence-electron chi connectivity index (χ3n) is 6.69. The van der Waals surface area contributed by atoms with Gasteiger partial charge in [-0.25, -0.2) is 4.31 Å². The van der Waals surface area contributed by atoms with Gasteiger partial charge in [0.1, 0.15) is 25.6 Å². The lowest BCUT2D eigenvalue weighted by atomic mass is 10.1. The van der Waals surface area contributed by atoms with Gasteiger partial charge in [-0.1, -0.05) is 6.07 Å². The third kappa shape index (κ3) is 3.97. The molecule has 1 unspecified atom stereocenters. The Morgan fingerprint density at radius 1 is 0.912 bits per heavy atom. The van der Waals surface area contributed by atoms with Crippen molar-refractivity contribution in [3.8, 4) is 17.2 Å². The lowest BCUT2D eigenvalue weighted by Crippen LogP contribution is -2.36. The van der Waals surface area contributed by atoms with E-state index in [2.05, 4.69) is 15.3 Å². The van der Waals surface area contributed by atoms with Crippen molar-refractivity contribution < 1.29 is 24.1 Å². The van der Waals surface area contributed by atoms with Crippen LogP contribution in [0.25, 0.3) is 0 Å². The molecule has 178 valence electrons. The quantitative estimate of drug-likeness (QED) is 0.528. The summed E-state index contributed by atoms with van der Waals surface area (Å²) in [5.74, 6) is 2.12. The minimum Gasteiger partial charge on any atom is -0.490 e. The molecular formula is C25H27N3O5S. The number of hydrogen-bond acceptors (Lipinski definition) is 8. The predicted molar refractivity (Wildman–Crippen MR) is 129 cm³/mol. The number of ether oxygens (including phenoxy) is 3. The van der Waals surface area contributed by atoms with Crippen LogP contribution < -0.4 is 19.1 Å². The number of carbonyl (C=O) groups is 1. The maximum absolute atomic E-state index is 13.1. The molecular weight excluding hydrogens is 454 g/mol. The van der Waals surface area contributed by atoms with Crippen LogP contribution in [0.15, 0.2) is 52.4 Å². The summed E-state index contributed by atoms with van der Waals surface area (Å²) in [6.45, 7) is 5.32. The number of nitrogens with zero attached hydrogens (tertiary/aromatic N) is 3. The van der Waals surface area contributed by atoms with E-state index in [1.54, 1.807) is 22.9 Å². The van der Waals surface area contributed by atoms with Crippen LogP contribution in [0.1, 0.15) is 11.7 Å². The number of anilines is 1. The molecule has 1 N–H and O–H groups in total. The second-order valence-electron chi connectivity index (χ2n) is 9.00. The first kappa shape index (κ1) is 21.6. The average Bonchev–Trinajstić information content (AvgIpc) is 3.42. The maximum Gasteiger partial charge on any atom is 0.256 e. The smallest absolute Gasteiger partial charge is 0.256 e. The fourth-order valence-electron chi connectivity index (χ4n) is 4.85. The van der Waals surface area contributed by atoms with E-state index in [4.69, 9.17) is 14.2 Å². The highest BCUT2D eigenvalue weighted by Gasteiger charge is 2.35. The molecule has 0 saturated carbocycles. The highest BCUT2D eigenvalue weighted by molar-refractivity contribution is 7.97. The van der Waals surface area contributed by atoms with E-state index in [9.17, 15) is 9.90 Å².